The molecule has 0 bridgehead atoms. The fourth-order valence-corrected chi connectivity index (χ4v) is 4.50. The van der Waals surface area contributed by atoms with E-state index in [1.54, 1.807) is 31.4 Å². The number of carbonyl (C=O) groups is 1. The second-order valence-corrected chi connectivity index (χ2v) is 8.46. The Morgan fingerprint density at radius 2 is 2.00 bits per heavy atom. The molecule has 1 saturated heterocycles. The zero-order valence-electron chi connectivity index (χ0n) is 19.1. The van der Waals surface area contributed by atoms with Crippen LogP contribution in [0.15, 0.2) is 48.5 Å². The molecule has 2 N–H and O–H groups in total. The summed E-state index contributed by atoms with van der Waals surface area (Å²) < 4.78 is 13.3. The van der Waals surface area contributed by atoms with Gasteiger partial charge < -0.3 is 24.3 Å². The molecule has 5 rings (SSSR count). The Morgan fingerprint density at radius 1 is 1.21 bits per heavy atom. The van der Waals surface area contributed by atoms with E-state index in [9.17, 15) is 4.79 Å². The molecule has 7 heteroatoms. The van der Waals surface area contributed by atoms with Crippen molar-refractivity contribution in [2.75, 3.05) is 19.0 Å². The van der Waals surface area contributed by atoms with Gasteiger partial charge in [0.1, 0.15) is 17.4 Å². The first-order valence-corrected chi connectivity index (χ1v) is 11.3. The third kappa shape index (κ3) is 4.00. The highest BCUT2D eigenvalue weighted by Crippen LogP contribution is 2.37. The van der Waals surface area contributed by atoms with E-state index in [1.807, 2.05) is 24.3 Å². The highest BCUT2D eigenvalue weighted by Gasteiger charge is 2.26. The van der Waals surface area contributed by atoms with E-state index < -0.39 is 0 Å². The van der Waals surface area contributed by atoms with Crippen LogP contribution in [0.5, 0.6) is 5.75 Å². The van der Waals surface area contributed by atoms with E-state index in [0.29, 0.717) is 17.9 Å². The van der Waals surface area contributed by atoms with Crippen molar-refractivity contribution < 1.29 is 14.3 Å². The molecule has 7 nitrogen and oxygen atoms in total. The van der Waals surface area contributed by atoms with E-state index in [-0.39, 0.29) is 12.0 Å². The third-order valence-corrected chi connectivity index (χ3v) is 6.45. The Kier molecular flexibility index (Phi) is 5.64. The maximum atomic E-state index is 13.3. The second-order valence-electron chi connectivity index (χ2n) is 8.46. The smallest absolute Gasteiger partial charge is 0.256 e. The number of para-hydroxylation sites is 2. The Balaban J connectivity index is 1.59. The summed E-state index contributed by atoms with van der Waals surface area (Å²) in [6, 6.07) is 15.1. The maximum Gasteiger partial charge on any atom is 0.256 e. The van der Waals surface area contributed by atoms with E-state index in [1.165, 1.54) is 0 Å². The number of aromatic nitrogens is 3. The average Bonchev–Trinajstić information content (AvgIpc) is 3.55. The van der Waals surface area contributed by atoms with E-state index >= 15 is 0 Å². The van der Waals surface area contributed by atoms with Gasteiger partial charge in [-0.05, 0) is 68.7 Å². The van der Waals surface area contributed by atoms with Crippen LogP contribution in [0.2, 0.25) is 0 Å². The number of rotatable bonds is 6. The highest BCUT2D eigenvalue weighted by atomic mass is 16.5. The van der Waals surface area contributed by atoms with Crippen LogP contribution in [0.3, 0.4) is 0 Å². The maximum absolute atomic E-state index is 13.3. The van der Waals surface area contributed by atoms with Gasteiger partial charge in [0.05, 0.1) is 36.4 Å². The Bertz CT molecular complexity index is 1260. The number of carbonyl (C=O) groups excluding carboxylic acids is 1. The van der Waals surface area contributed by atoms with Crippen LogP contribution in [-0.2, 0) is 11.3 Å². The fourth-order valence-electron chi connectivity index (χ4n) is 4.50. The summed E-state index contributed by atoms with van der Waals surface area (Å²) in [5.41, 5.74) is 5.49. The van der Waals surface area contributed by atoms with Gasteiger partial charge in [0, 0.05) is 17.9 Å². The molecule has 1 fully saturated rings. The normalized spacial score (nSPS) is 15.8. The minimum Gasteiger partial charge on any atom is -0.497 e. The van der Waals surface area contributed by atoms with Crippen LogP contribution in [-0.4, -0.2) is 40.3 Å². The molecular weight excluding hydrogens is 416 g/mol. The molecule has 0 aliphatic carbocycles. The lowest BCUT2D eigenvalue weighted by Gasteiger charge is -2.17. The minimum atomic E-state index is -0.180. The number of anilines is 1. The van der Waals surface area contributed by atoms with Gasteiger partial charge in [-0.1, -0.05) is 12.1 Å². The molecule has 3 heterocycles. The van der Waals surface area contributed by atoms with Crippen molar-refractivity contribution in [1.29, 1.82) is 0 Å². The Hall–Kier alpha value is -3.58. The molecule has 170 valence electrons. The molecular formula is C26H28N4O3. The number of H-pyrrole nitrogens is 1. The highest BCUT2D eigenvalue weighted by molar-refractivity contribution is 6.06. The van der Waals surface area contributed by atoms with Crippen LogP contribution in [0.25, 0.3) is 22.4 Å². The van der Waals surface area contributed by atoms with Gasteiger partial charge >= 0.3 is 0 Å². The lowest BCUT2D eigenvalue weighted by molar-refractivity contribution is 0.0962. The predicted octanol–water partition coefficient (Wildman–Crippen LogP) is 5.09. The molecule has 2 aromatic heterocycles. The molecule has 1 aliphatic heterocycles. The fraction of sp³-hybridized carbons (Fsp3) is 0.308. The molecule has 0 spiro atoms. The standard InChI is InChI=1S/C26H28N4O3/c1-16-17(2)30(15-20-7-6-14-33-20)25(29-26(31)18-10-12-19(32-3)13-11-18)23(16)24-27-21-8-4-5-9-22(21)28-24/h4-5,8-13,20H,6-7,14-15H2,1-3H3,(H,27,28)(H,29,31). The third-order valence-electron chi connectivity index (χ3n) is 6.45. The summed E-state index contributed by atoms with van der Waals surface area (Å²) in [6.07, 6.45) is 2.21. The molecule has 2 aromatic carbocycles. The molecule has 1 unspecified atom stereocenters. The molecule has 0 saturated carbocycles. The van der Waals surface area contributed by atoms with Crippen molar-refractivity contribution in [2.24, 2.45) is 0 Å². The van der Waals surface area contributed by atoms with Gasteiger partial charge in [0.15, 0.2) is 0 Å². The van der Waals surface area contributed by atoms with Gasteiger partial charge in [-0.25, -0.2) is 4.98 Å². The van der Waals surface area contributed by atoms with Crippen molar-refractivity contribution in [1.82, 2.24) is 14.5 Å². The zero-order chi connectivity index (χ0) is 22.9. The number of amides is 1. The largest absolute Gasteiger partial charge is 0.497 e. The summed E-state index contributed by atoms with van der Waals surface area (Å²) >= 11 is 0. The summed E-state index contributed by atoms with van der Waals surface area (Å²) in [5, 5.41) is 3.18. The van der Waals surface area contributed by atoms with Crippen molar-refractivity contribution in [3.63, 3.8) is 0 Å². The summed E-state index contributed by atoms with van der Waals surface area (Å²) in [6.45, 7) is 5.63. The van der Waals surface area contributed by atoms with Crippen LogP contribution in [0, 0.1) is 13.8 Å². The molecule has 1 atom stereocenters. The molecule has 4 aromatic rings. The Morgan fingerprint density at radius 3 is 2.70 bits per heavy atom. The number of fused-ring (bicyclic) bond motifs is 1. The number of ether oxygens (including phenoxy) is 2. The predicted molar refractivity (Wildman–Crippen MR) is 129 cm³/mol. The van der Waals surface area contributed by atoms with Crippen molar-refractivity contribution in [3.05, 3.63) is 65.4 Å². The van der Waals surface area contributed by atoms with Crippen molar-refractivity contribution in [2.45, 2.75) is 39.3 Å². The van der Waals surface area contributed by atoms with Crippen LogP contribution < -0.4 is 10.1 Å². The second kappa shape index (κ2) is 8.75. The van der Waals surface area contributed by atoms with Gasteiger partial charge in [-0.2, -0.15) is 0 Å². The summed E-state index contributed by atoms with van der Waals surface area (Å²) in [4.78, 5) is 21.5. The van der Waals surface area contributed by atoms with Gasteiger partial charge in [-0.3, -0.25) is 4.79 Å². The average molecular weight is 445 g/mol. The molecule has 33 heavy (non-hydrogen) atoms. The first kappa shape index (κ1) is 21.3. The Labute approximate surface area is 192 Å². The van der Waals surface area contributed by atoms with Crippen molar-refractivity contribution in [3.8, 4) is 17.1 Å². The minimum absolute atomic E-state index is 0.135. The van der Waals surface area contributed by atoms with Crippen LogP contribution in [0.1, 0.15) is 34.5 Å². The first-order chi connectivity index (χ1) is 16.0. The van der Waals surface area contributed by atoms with Gasteiger partial charge in [0.25, 0.3) is 5.91 Å². The molecule has 1 aliphatic rings. The topological polar surface area (TPSA) is 81.2 Å². The lowest BCUT2D eigenvalue weighted by Crippen LogP contribution is -2.21. The molecule has 1 amide bonds. The quantitative estimate of drug-likeness (QED) is 0.434. The lowest BCUT2D eigenvalue weighted by atomic mass is 10.1. The number of imidazole rings is 1. The zero-order valence-corrected chi connectivity index (χ0v) is 19.1. The van der Waals surface area contributed by atoms with Crippen LogP contribution in [0.4, 0.5) is 5.82 Å². The van der Waals surface area contributed by atoms with Gasteiger partial charge in [-0.15, -0.1) is 0 Å². The van der Waals surface area contributed by atoms with E-state index in [0.717, 1.165) is 58.9 Å². The molecule has 0 radical (unpaired) electrons. The number of nitrogens with one attached hydrogen (secondary N) is 2. The number of benzene rings is 2. The van der Waals surface area contributed by atoms with E-state index in [2.05, 4.69) is 28.7 Å². The number of methoxy groups -OCH3 is 1. The monoisotopic (exact) mass is 444 g/mol. The summed E-state index contributed by atoms with van der Waals surface area (Å²) in [5.74, 6) is 2.01. The number of nitrogens with zero attached hydrogens (tertiary/aromatic N) is 2. The SMILES string of the molecule is COc1ccc(C(=O)Nc2c(-c3nc4ccccc4[nH]3)c(C)c(C)n2CC2CCCO2)cc1. The van der Waals surface area contributed by atoms with Crippen LogP contribution >= 0.6 is 0 Å². The first-order valence-electron chi connectivity index (χ1n) is 11.3. The number of aromatic amines is 1. The van der Waals surface area contributed by atoms with E-state index in [4.69, 9.17) is 14.5 Å². The number of hydrogen-bond acceptors (Lipinski definition) is 4. The van der Waals surface area contributed by atoms with Gasteiger partial charge in [0.2, 0.25) is 0 Å². The summed E-state index contributed by atoms with van der Waals surface area (Å²) in [7, 11) is 1.61. The van der Waals surface area contributed by atoms with Crippen molar-refractivity contribution >= 4 is 22.8 Å². The number of hydrogen-bond donors (Lipinski definition) is 2.